The van der Waals surface area contributed by atoms with Crippen molar-refractivity contribution < 1.29 is 13.9 Å². The Morgan fingerprint density at radius 1 is 1.00 bits per heavy atom. The van der Waals surface area contributed by atoms with Crippen LogP contribution in [0.3, 0.4) is 0 Å². The van der Waals surface area contributed by atoms with Crippen LogP contribution in [0.25, 0.3) is 11.1 Å². The molecule has 2 aromatic rings. The molecule has 0 unspecified atom stereocenters. The van der Waals surface area contributed by atoms with E-state index < -0.39 is 0 Å². The fraction of sp³-hybridized carbons (Fsp3) is 0.500. The first-order valence-electron chi connectivity index (χ1n) is 6.60. The highest BCUT2D eigenvalue weighted by Gasteiger charge is 2.23. The lowest BCUT2D eigenvalue weighted by Gasteiger charge is -2.17. The standard InChI is InChI=1S/C14H15NO3/c1-2-4-9(3-1)14-15-10-7-12-13(8-11(10)18-14)17-6-5-16-12/h7-9H,1-6H2. The summed E-state index contributed by atoms with van der Waals surface area (Å²) in [7, 11) is 0. The summed E-state index contributed by atoms with van der Waals surface area (Å²) >= 11 is 0. The molecule has 0 atom stereocenters. The van der Waals surface area contributed by atoms with Crippen molar-refractivity contribution in [3.63, 3.8) is 0 Å². The lowest BCUT2D eigenvalue weighted by atomic mass is 10.1. The van der Waals surface area contributed by atoms with Gasteiger partial charge in [-0.25, -0.2) is 4.98 Å². The molecular weight excluding hydrogens is 230 g/mol. The fourth-order valence-electron chi connectivity index (χ4n) is 2.83. The van der Waals surface area contributed by atoms with Crippen molar-refractivity contribution in [3.05, 3.63) is 18.0 Å². The third-order valence-corrected chi connectivity index (χ3v) is 3.77. The molecule has 0 spiro atoms. The molecule has 1 aromatic carbocycles. The van der Waals surface area contributed by atoms with Gasteiger partial charge in [0.2, 0.25) is 0 Å². The van der Waals surface area contributed by atoms with Gasteiger partial charge in [0, 0.05) is 18.1 Å². The number of fused-ring (bicyclic) bond motifs is 2. The molecule has 2 aliphatic rings. The molecule has 0 bridgehead atoms. The average Bonchev–Trinajstić information content (AvgIpc) is 3.04. The lowest BCUT2D eigenvalue weighted by Crippen LogP contribution is -2.15. The minimum Gasteiger partial charge on any atom is -0.486 e. The van der Waals surface area contributed by atoms with Crippen molar-refractivity contribution in [2.45, 2.75) is 31.6 Å². The van der Waals surface area contributed by atoms with E-state index in [0.717, 1.165) is 28.5 Å². The van der Waals surface area contributed by atoms with Crippen LogP contribution < -0.4 is 9.47 Å². The summed E-state index contributed by atoms with van der Waals surface area (Å²) in [6, 6.07) is 3.82. The van der Waals surface area contributed by atoms with E-state index in [2.05, 4.69) is 4.98 Å². The minimum absolute atomic E-state index is 0.497. The van der Waals surface area contributed by atoms with Crippen LogP contribution in [0.2, 0.25) is 0 Å². The zero-order valence-corrected chi connectivity index (χ0v) is 10.1. The number of hydrogen-bond acceptors (Lipinski definition) is 4. The molecule has 0 radical (unpaired) electrons. The van der Waals surface area contributed by atoms with Gasteiger partial charge in [-0.2, -0.15) is 0 Å². The van der Waals surface area contributed by atoms with E-state index in [0.29, 0.717) is 19.1 Å². The van der Waals surface area contributed by atoms with Gasteiger partial charge >= 0.3 is 0 Å². The van der Waals surface area contributed by atoms with Gasteiger partial charge in [-0.1, -0.05) is 12.8 Å². The Kier molecular flexibility index (Phi) is 2.22. The molecule has 0 N–H and O–H groups in total. The molecule has 4 rings (SSSR count). The Morgan fingerprint density at radius 2 is 1.72 bits per heavy atom. The molecule has 18 heavy (non-hydrogen) atoms. The Hall–Kier alpha value is -1.71. The summed E-state index contributed by atoms with van der Waals surface area (Å²) in [5.74, 6) is 2.92. The predicted molar refractivity (Wildman–Crippen MR) is 66.2 cm³/mol. The third kappa shape index (κ3) is 1.55. The first-order chi connectivity index (χ1) is 8.90. The second-order valence-electron chi connectivity index (χ2n) is 5.00. The van der Waals surface area contributed by atoms with Crippen LogP contribution >= 0.6 is 0 Å². The normalized spacial score (nSPS) is 19.6. The second kappa shape index (κ2) is 3.90. The van der Waals surface area contributed by atoms with Gasteiger partial charge in [0.05, 0.1) is 0 Å². The van der Waals surface area contributed by atoms with Crippen LogP contribution in [0.5, 0.6) is 11.5 Å². The number of hydrogen-bond donors (Lipinski definition) is 0. The van der Waals surface area contributed by atoms with E-state index in [1.807, 2.05) is 12.1 Å². The van der Waals surface area contributed by atoms with Gasteiger partial charge in [-0.15, -0.1) is 0 Å². The summed E-state index contributed by atoms with van der Waals surface area (Å²) < 4.78 is 17.0. The lowest BCUT2D eigenvalue weighted by molar-refractivity contribution is 0.172. The molecule has 1 aliphatic heterocycles. The number of benzene rings is 1. The Morgan fingerprint density at radius 3 is 2.50 bits per heavy atom. The highest BCUT2D eigenvalue weighted by molar-refractivity contribution is 5.77. The quantitative estimate of drug-likeness (QED) is 0.773. The summed E-state index contributed by atoms with van der Waals surface area (Å²) in [6.45, 7) is 1.20. The number of oxazole rings is 1. The van der Waals surface area contributed by atoms with Gasteiger partial charge < -0.3 is 13.9 Å². The molecule has 0 saturated heterocycles. The highest BCUT2D eigenvalue weighted by atomic mass is 16.6. The van der Waals surface area contributed by atoms with Crippen molar-refractivity contribution in [1.29, 1.82) is 0 Å². The Bertz CT molecular complexity index is 541. The van der Waals surface area contributed by atoms with E-state index in [9.17, 15) is 0 Å². The van der Waals surface area contributed by atoms with Crippen LogP contribution in [0.1, 0.15) is 37.5 Å². The zero-order valence-electron chi connectivity index (χ0n) is 10.1. The zero-order chi connectivity index (χ0) is 11.9. The molecule has 94 valence electrons. The average molecular weight is 245 g/mol. The van der Waals surface area contributed by atoms with Gasteiger partial charge in [-0.3, -0.25) is 0 Å². The number of ether oxygens (including phenoxy) is 2. The molecule has 1 aliphatic carbocycles. The molecule has 4 nitrogen and oxygen atoms in total. The van der Waals surface area contributed by atoms with Crippen LogP contribution in [0.15, 0.2) is 16.5 Å². The van der Waals surface area contributed by atoms with Crippen molar-refractivity contribution in [1.82, 2.24) is 4.98 Å². The molecule has 1 saturated carbocycles. The van der Waals surface area contributed by atoms with E-state index in [4.69, 9.17) is 13.9 Å². The molecule has 2 heterocycles. The van der Waals surface area contributed by atoms with Gasteiger partial charge in [-0.05, 0) is 12.8 Å². The Labute approximate surface area is 105 Å². The third-order valence-electron chi connectivity index (χ3n) is 3.77. The summed E-state index contributed by atoms with van der Waals surface area (Å²) in [6.07, 6.45) is 4.96. The molecule has 1 fully saturated rings. The maximum Gasteiger partial charge on any atom is 0.198 e. The van der Waals surface area contributed by atoms with Crippen molar-refractivity contribution >= 4 is 11.1 Å². The maximum atomic E-state index is 5.87. The first-order valence-corrected chi connectivity index (χ1v) is 6.60. The summed E-state index contributed by atoms with van der Waals surface area (Å²) in [5, 5.41) is 0. The van der Waals surface area contributed by atoms with Crippen LogP contribution in [0.4, 0.5) is 0 Å². The van der Waals surface area contributed by atoms with Crippen molar-refractivity contribution in [2.24, 2.45) is 0 Å². The fourth-order valence-corrected chi connectivity index (χ4v) is 2.83. The maximum absolute atomic E-state index is 5.87. The van der Waals surface area contributed by atoms with E-state index in [1.165, 1.54) is 25.7 Å². The smallest absolute Gasteiger partial charge is 0.198 e. The Balaban J connectivity index is 1.79. The summed E-state index contributed by atoms with van der Waals surface area (Å²) in [5.41, 5.74) is 1.68. The monoisotopic (exact) mass is 245 g/mol. The predicted octanol–water partition coefficient (Wildman–Crippen LogP) is 3.26. The van der Waals surface area contributed by atoms with Gasteiger partial charge in [0.25, 0.3) is 0 Å². The molecule has 0 amide bonds. The summed E-state index contributed by atoms with van der Waals surface area (Å²) in [4.78, 5) is 4.60. The van der Waals surface area contributed by atoms with Crippen LogP contribution in [-0.2, 0) is 0 Å². The molecule has 4 heteroatoms. The topological polar surface area (TPSA) is 44.5 Å². The largest absolute Gasteiger partial charge is 0.486 e. The number of aromatic nitrogens is 1. The SMILES string of the molecule is c1c2c(cc3oc(C4CCCC4)nc13)OCCO2. The van der Waals surface area contributed by atoms with Crippen molar-refractivity contribution in [2.75, 3.05) is 13.2 Å². The molecule has 1 aromatic heterocycles. The van der Waals surface area contributed by atoms with Gasteiger partial charge in [0.15, 0.2) is 23.0 Å². The van der Waals surface area contributed by atoms with Crippen LogP contribution in [0, 0.1) is 0 Å². The highest BCUT2D eigenvalue weighted by Crippen LogP contribution is 2.38. The van der Waals surface area contributed by atoms with Crippen molar-refractivity contribution in [3.8, 4) is 11.5 Å². The van der Waals surface area contributed by atoms with Crippen LogP contribution in [-0.4, -0.2) is 18.2 Å². The van der Waals surface area contributed by atoms with E-state index in [-0.39, 0.29) is 0 Å². The minimum atomic E-state index is 0.497. The number of nitrogens with zero attached hydrogens (tertiary/aromatic N) is 1. The first kappa shape index (κ1) is 10.2. The second-order valence-corrected chi connectivity index (χ2v) is 5.00. The van der Waals surface area contributed by atoms with E-state index in [1.54, 1.807) is 0 Å². The molecular formula is C14H15NO3. The van der Waals surface area contributed by atoms with E-state index >= 15 is 0 Å². The van der Waals surface area contributed by atoms with Gasteiger partial charge in [0.1, 0.15) is 18.7 Å². The number of rotatable bonds is 1.